The molecule has 0 aromatic rings. The molecule has 0 aromatic carbocycles. The average Bonchev–Trinajstić information content (AvgIpc) is 2.15. The fourth-order valence-electron chi connectivity index (χ4n) is 1.73. The maximum Gasteiger partial charge on any atom is 0.304 e. The number of nitrogens with zero attached hydrogens (tertiary/aromatic N) is 1. The first-order chi connectivity index (χ1) is 7.02. The molecule has 90 valence electrons. The lowest BCUT2D eigenvalue weighted by atomic mass is 10.1. The second-order valence-corrected chi connectivity index (χ2v) is 3.99. The highest BCUT2D eigenvalue weighted by molar-refractivity contribution is 5.66. The summed E-state index contributed by atoms with van der Waals surface area (Å²) in [4.78, 5) is 12.7. The van der Waals surface area contributed by atoms with E-state index in [-0.39, 0.29) is 6.42 Å². The molecule has 0 fully saturated rings. The predicted octanol–water partition coefficient (Wildman–Crippen LogP) is 1.60. The Balaban J connectivity index is 4.27. The molecule has 0 heterocycles. The first kappa shape index (κ1) is 14.4. The SMILES string of the molecule is CCC(COC)N(CCC(=O)O)C(C)C. The number of ether oxygens (including phenoxy) is 1. The molecule has 15 heavy (non-hydrogen) atoms. The summed E-state index contributed by atoms with van der Waals surface area (Å²) < 4.78 is 5.14. The molecule has 0 amide bonds. The lowest BCUT2D eigenvalue weighted by Gasteiger charge is -2.33. The smallest absolute Gasteiger partial charge is 0.304 e. The van der Waals surface area contributed by atoms with Crippen molar-refractivity contribution in [1.82, 2.24) is 4.90 Å². The number of hydrogen-bond donors (Lipinski definition) is 1. The minimum atomic E-state index is -0.743. The van der Waals surface area contributed by atoms with Crippen LogP contribution in [0.5, 0.6) is 0 Å². The molecule has 0 saturated carbocycles. The summed E-state index contributed by atoms with van der Waals surface area (Å²) >= 11 is 0. The van der Waals surface area contributed by atoms with Crippen LogP contribution in [0.15, 0.2) is 0 Å². The van der Waals surface area contributed by atoms with Crippen LogP contribution < -0.4 is 0 Å². The van der Waals surface area contributed by atoms with Crippen molar-refractivity contribution >= 4 is 5.97 Å². The molecule has 0 saturated heterocycles. The number of carboxylic acids is 1. The molecule has 0 spiro atoms. The Hall–Kier alpha value is -0.610. The lowest BCUT2D eigenvalue weighted by molar-refractivity contribution is -0.137. The molecule has 4 heteroatoms. The Morgan fingerprint density at radius 3 is 2.40 bits per heavy atom. The number of rotatable bonds is 8. The number of hydrogen-bond acceptors (Lipinski definition) is 3. The zero-order valence-corrected chi connectivity index (χ0v) is 10.2. The van der Waals surface area contributed by atoms with Crippen molar-refractivity contribution in [2.75, 3.05) is 20.3 Å². The zero-order valence-electron chi connectivity index (χ0n) is 10.2. The Bertz CT molecular complexity index is 183. The molecule has 1 unspecified atom stereocenters. The predicted molar refractivity (Wildman–Crippen MR) is 60.0 cm³/mol. The minimum absolute atomic E-state index is 0.193. The summed E-state index contributed by atoms with van der Waals surface area (Å²) in [7, 11) is 1.68. The number of aliphatic carboxylic acids is 1. The molecule has 0 aliphatic rings. The van der Waals surface area contributed by atoms with E-state index in [1.54, 1.807) is 7.11 Å². The Labute approximate surface area is 92.2 Å². The quantitative estimate of drug-likeness (QED) is 0.671. The largest absolute Gasteiger partial charge is 0.481 e. The van der Waals surface area contributed by atoms with E-state index in [2.05, 4.69) is 25.7 Å². The molecule has 0 rings (SSSR count). The standard InChI is InChI=1S/C11H23NO3/c1-5-10(8-15-4)12(9(2)3)7-6-11(13)14/h9-10H,5-8H2,1-4H3,(H,13,14). The zero-order chi connectivity index (χ0) is 11.8. The van der Waals surface area contributed by atoms with Gasteiger partial charge in [-0.1, -0.05) is 6.92 Å². The molecular weight excluding hydrogens is 194 g/mol. The normalized spacial score (nSPS) is 13.5. The molecule has 0 radical (unpaired) electrons. The van der Waals surface area contributed by atoms with E-state index in [0.29, 0.717) is 25.2 Å². The highest BCUT2D eigenvalue weighted by Gasteiger charge is 2.19. The fourth-order valence-corrected chi connectivity index (χ4v) is 1.73. The van der Waals surface area contributed by atoms with Crippen molar-refractivity contribution < 1.29 is 14.6 Å². The highest BCUT2D eigenvalue weighted by atomic mass is 16.5. The van der Waals surface area contributed by atoms with E-state index in [4.69, 9.17) is 9.84 Å². The van der Waals surface area contributed by atoms with E-state index in [1.165, 1.54) is 0 Å². The Morgan fingerprint density at radius 2 is 2.07 bits per heavy atom. The van der Waals surface area contributed by atoms with Crippen molar-refractivity contribution in [3.63, 3.8) is 0 Å². The molecule has 0 aliphatic heterocycles. The van der Waals surface area contributed by atoms with Gasteiger partial charge >= 0.3 is 5.97 Å². The van der Waals surface area contributed by atoms with Gasteiger partial charge in [-0.2, -0.15) is 0 Å². The highest BCUT2D eigenvalue weighted by Crippen LogP contribution is 2.10. The third-order valence-electron chi connectivity index (χ3n) is 2.55. The van der Waals surface area contributed by atoms with Crippen molar-refractivity contribution in [3.05, 3.63) is 0 Å². The van der Waals surface area contributed by atoms with E-state index < -0.39 is 5.97 Å². The molecule has 0 aliphatic carbocycles. The van der Waals surface area contributed by atoms with Gasteiger partial charge in [0.05, 0.1) is 13.0 Å². The first-order valence-corrected chi connectivity index (χ1v) is 5.49. The third-order valence-corrected chi connectivity index (χ3v) is 2.55. The number of methoxy groups -OCH3 is 1. The molecule has 0 bridgehead atoms. The van der Waals surface area contributed by atoms with Crippen LogP contribution in [0.3, 0.4) is 0 Å². The van der Waals surface area contributed by atoms with Crippen LogP contribution in [0, 0.1) is 0 Å². The van der Waals surface area contributed by atoms with Crippen molar-refractivity contribution in [3.8, 4) is 0 Å². The monoisotopic (exact) mass is 217 g/mol. The van der Waals surface area contributed by atoms with Crippen LogP contribution in [0.2, 0.25) is 0 Å². The second-order valence-electron chi connectivity index (χ2n) is 3.99. The van der Waals surface area contributed by atoms with Gasteiger partial charge in [-0.05, 0) is 20.3 Å². The van der Waals surface area contributed by atoms with Crippen LogP contribution in [0.4, 0.5) is 0 Å². The molecule has 4 nitrogen and oxygen atoms in total. The van der Waals surface area contributed by atoms with Crippen LogP contribution in [-0.2, 0) is 9.53 Å². The fraction of sp³-hybridized carbons (Fsp3) is 0.909. The van der Waals surface area contributed by atoms with E-state index in [1.807, 2.05) is 0 Å². The van der Waals surface area contributed by atoms with E-state index in [0.717, 1.165) is 6.42 Å². The summed E-state index contributed by atoms with van der Waals surface area (Å²) in [5.74, 6) is -0.743. The van der Waals surface area contributed by atoms with Gasteiger partial charge in [0.2, 0.25) is 0 Å². The van der Waals surface area contributed by atoms with E-state index >= 15 is 0 Å². The van der Waals surface area contributed by atoms with Gasteiger partial charge in [0.25, 0.3) is 0 Å². The van der Waals surface area contributed by atoms with Crippen LogP contribution in [-0.4, -0.2) is 48.3 Å². The number of carboxylic acid groups (broad SMARTS) is 1. The van der Waals surface area contributed by atoms with Gasteiger partial charge in [0.15, 0.2) is 0 Å². The van der Waals surface area contributed by atoms with Crippen molar-refractivity contribution in [1.29, 1.82) is 0 Å². The van der Waals surface area contributed by atoms with Gasteiger partial charge in [-0.25, -0.2) is 0 Å². The first-order valence-electron chi connectivity index (χ1n) is 5.49. The van der Waals surface area contributed by atoms with Gasteiger partial charge in [0.1, 0.15) is 0 Å². The average molecular weight is 217 g/mol. The molecule has 1 atom stereocenters. The summed E-state index contributed by atoms with van der Waals surface area (Å²) in [6.45, 7) is 7.52. The Kier molecular flexibility index (Phi) is 7.34. The third kappa shape index (κ3) is 5.74. The maximum absolute atomic E-state index is 10.5. The maximum atomic E-state index is 10.5. The lowest BCUT2D eigenvalue weighted by Crippen LogP contribution is -2.43. The Morgan fingerprint density at radius 1 is 1.47 bits per heavy atom. The number of carbonyl (C=O) groups is 1. The molecule has 0 aromatic heterocycles. The van der Waals surface area contributed by atoms with Gasteiger partial charge in [-0.15, -0.1) is 0 Å². The minimum Gasteiger partial charge on any atom is -0.481 e. The van der Waals surface area contributed by atoms with Crippen LogP contribution in [0.25, 0.3) is 0 Å². The topological polar surface area (TPSA) is 49.8 Å². The van der Waals surface area contributed by atoms with Crippen LogP contribution in [0.1, 0.15) is 33.6 Å². The van der Waals surface area contributed by atoms with Gasteiger partial charge < -0.3 is 9.84 Å². The van der Waals surface area contributed by atoms with E-state index in [9.17, 15) is 4.79 Å². The van der Waals surface area contributed by atoms with Gasteiger partial charge in [0, 0.05) is 25.7 Å². The van der Waals surface area contributed by atoms with Crippen LogP contribution >= 0.6 is 0 Å². The summed E-state index contributed by atoms with van der Waals surface area (Å²) in [5, 5.41) is 8.67. The summed E-state index contributed by atoms with van der Waals surface area (Å²) in [5.41, 5.74) is 0. The molecule has 1 N–H and O–H groups in total. The summed E-state index contributed by atoms with van der Waals surface area (Å²) in [6, 6.07) is 0.666. The summed E-state index contributed by atoms with van der Waals surface area (Å²) in [6.07, 6.45) is 1.17. The van der Waals surface area contributed by atoms with Crippen molar-refractivity contribution in [2.45, 2.75) is 45.7 Å². The van der Waals surface area contributed by atoms with Crippen molar-refractivity contribution in [2.24, 2.45) is 0 Å². The second kappa shape index (κ2) is 7.65. The molecular formula is C11H23NO3. The van der Waals surface area contributed by atoms with Gasteiger partial charge in [-0.3, -0.25) is 9.69 Å².